The van der Waals surface area contributed by atoms with Crippen molar-refractivity contribution in [3.63, 3.8) is 0 Å². The van der Waals surface area contributed by atoms with Crippen LogP contribution >= 0.6 is 11.6 Å². The van der Waals surface area contributed by atoms with Crippen molar-refractivity contribution in [2.45, 2.75) is 53.6 Å². The van der Waals surface area contributed by atoms with Gasteiger partial charge in [-0.15, -0.1) is 0 Å². The molecule has 0 N–H and O–H groups in total. The van der Waals surface area contributed by atoms with Gasteiger partial charge in [0.1, 0.15) is 0 Å². The summed E-state index contributed by atoms with van der Waals surface area (Å²) in [5.41, 5.74) is 4.22. The van der Waals surface area contributed by atoms with Crippen molar-refractivity contribution in [1.82, 2.24) is 4.57 Å². The van der Waals surface area contributed by atoms with E-state index in [0.29, 0.717) is 0 Å². The SMILES string of the molecule is CCCC[n+]1c(/C=C/N(C(C)=O)c2ccccc2)n(CC)c2cc(Cl)c(C)cc21. The highest BCUT2D eigenvalue weighted by Crippen LogP contribution is 2.25. The van der Waals surface area contributed by atoms with Crippen molar-refractivity contribution < 1.29 is 9.36 Å². The number of benzene rings is 2. The lowest BCUT2D eigenvalue weighted by atomic mass is 10.2. The van der Waals surface area contributed by atoms with Gasteiger partial charge in [-0.3, -0.25) is 9.69 Å². The fourth-order valence-electron chi connectivity index (χ4n) is 3.65. The number of para-hydroxylation sites is 1. The van der Waals surface area contributed by atoms with Crippen molar-refractivity contribution in [3.8, 4) is 0 Å². The summed E-state index contributed by atoms with van der Waals surface area (Å²) in [4.78, 5) is 14.0. The second-order valence-corrected chi connectivity index (χ2v) is 7.65. The summed E-state index contributed by atoms with van der Waals surface area (Å²) in [5, 5.41) is 0.775. The molecule has 0 saturated heterocycles. The lowest BCUT2D eigenvalue weighted by molar-refractivity contribution is -0.674. The third-order valence-corrected chi connectivity index (χ3v) is 5.60. The Morgan fingerprint density at radius 3 is 2.55 bits per heavy atom. The largest absolute Gasteiger partial charge is 0.288 e. The van der Waals surface area contributed by atoms with Crippen molar-refractivity contribution in [2.75, 3.05) is 4.90 Å². The van der Waals surface area contributed by atoms with Crippen LogP contribution < -0.4 is 9.47 Å². The first-order valence-electron chi connectivity index (χ1n) is 10.2. The third-order valence-electron chi connectivity index (χ3n) is 5.19. The second-order valence-electron chi connectivity index (χ2n) is 7.24. The molecule has 0 saturated carbocycles. The minimum absolute atomic E-state index is 0.0226. The van der Waals surface area contributed by atoms with Gasteiger partial charge in [0.05, 0.1) is 13.1 Å². The van der Waals surface area contributed by atoms with Gasteiger partial charge in [-0.05, 0) is 44.0 Å². The van der Waals surface area contributed by atoms with Crippen LogP contribution in [0.2, 0.25) is 5.02 Å². The number of anilines is 1. The summed E-state index contributed by atoms with van der Waals surface area (Å²) in [7, 11) is 0. The van der Waals surface area contributed by atoms with Crippen molar-refractivity contribution in [1.29, 1.82) is 0 Å². The van der Waals surface area contributed by atoms with Gasteiger partial charge in [-0.2, -0.15) is 0 Å². The van der Waals surface area contributed by atoms with Crippen LogP contribution in [-0.4, -0.2) is 10.5 Å². The average molecular weight is 411 g/mol. The number of carbonyl (C=O) groups is 1. The Balaban J connectivity index is 2.16. The fraction of sp³-hybridized carbons (Fsp3) is 0.333. The van der Waals surface area contributed by atoms with E-state index in [2.05, 4.69) is 35.1 Å². The van der Waals surface area contributed by atoms with Gasteiger partial charge in [0.15, 0.2) is 11.0 Å². The molecular weight excluding hydrogens is 382 g/mol. The van der Waals surface area contributed by atoms with Crippen LogP contribution in [0.3, 0.4) is 0 Å². The maximum atomic E-state index is 12.3. The van der Waals surface area contributed by atoms with E-state index in [9.17, 15) is 4.79 Å². The number of hydrogen-bond acceptors (Lipinski definition) is 1. The number of amides is 1. The van der Waals surface area contributed by atoms with Gasteiger partial charge < -0.3 is 0 Å². The zero-order valence-electron chi connectivity index (χ0n) is 17.7. The van der Waals surface area contributed by atoms with Crippen LogP contribution in [0.25, 0.3) is 17.1 Å². The predicted molar refractivity (Wildman–Crippen MR) is 121 cm³/mol. The number of imidazole rings is 1. The third kappa shape index (κ3) is 4.38. The monoisotopic (exact) mass is 410 g/mol. The smallest absolute Gasteiger partial charge is 0.283 e. The molecule has 0 aliphatic heterocycles. The van der Waals surface area contributed by atoms with Gasteiger partial charge in [0.25, 0.3) is 5.82 Å². The zero-order chi connectivity index (χ0) is 21.0. The molecule has 1 aromatic heterocycles. The second kappa shape index (κ2) is 9.27. The Morgan fingerprint density at radius 2 is 1.93 bits per heavy atom. The van der Waals surface area contributed by atoms with Crippen LogP contribution in [0, 0.1) is 6.92 Å². The molecule has 0 atom stereocenters. The molecule has 5 heteroatoms. The van der Waals surface area contributed by atoms with Crippen LogP contribution in [0.5, 0.6) is 0 Å². The van der Waals surface area contributed by atoms with E-state index < -0.39 is 0 Å². The molecule has 2 aromatic carbocycles. The number of halogens is 1. The molecule has 0 radical (unpaired) electrons. The number of aromatic nitrogens is 2. The Hall–Kier alpha value is -2.59. The van der Waals surface area contributed by atoms with Gasteiger partial charge >= 0.3 is 0 Å². The summed E-state index contributed by atoms with van der Waals surface area (Å²) in [5.74, 6) is 1.05. The van der Waals surface area contributed by atoms with Crippen molar-refractivity contribution in [3.05, 3.63) is 65.1 Å². The summed E-state index contributed by atoms with van der Waals surface area (Å²) in [6, 6.07) is 13.9. The standard InChI is InChI=1S/C24H29ClN3O/c1-5-7-14-28-22-16-18(3)21(25)17-23(22)26(6-2)24(28)13-15-27(19(4)29)20-11-9-8-10-12-20/h8-13,15-17H,5-7,14H2,1-4H3/q+1. The Kier molecular flexibility index (Phi) is 6.75. The number of unbranched alkanes of at least 4 members (excludes halogenated alkanes) is 1. The number of carbonyl (C=O) groups excluding carboxylic acids is 1. The number of hydrogen-bond donors (Lipinski definition) is 0. The number of fused-ring (bicyclic) bond motifs is 1. The van der Waals surface area contributed by atoms with Crippen LogP contribution in [0.4, 0.5) is 5.69 Å². The first-order valence-corrected chi connectivity index (χ1v) is 10.6. The number of rotatable bonds is 7. The maximum Gasteiger partial charge on any atom is 0.283 e. The molecule has 0 fully saturated rings. The van der Waals surface area contributed by atoms with Crippen molar-refractivity contribution >= 4 is 40.3 Å². The minimum Gasteiger partial charge on any atom is -0.288 e. The molecule has 3 aromatic rings. The first-order chi connectivity index (χ1) is 14.0. The molecule has 0 unspecified atom stereocenters. The van der Waals surface area contributed by atoms with Gasteiger partial charge in [-0.25, -0.2) is 9.13 Å². The van der Waals surface area contributed by atoms with Crippen LogP contribution in [-0.2, 0) is 17.9 Å². The lowest BCUT2D eigenvalue weighted by Crippen LogP contribution is -2.37. The van der Waals surface area contributed by atoms with Crippen molar-refractivity contribution in [2.24, 2.45) is 0 Å². The topological polar surface area (TPSA) is 29.1 Å². The van der Waals surface area contributed by atoms with E-state index in [4.69, 9.17) is 11.6 Å². The molecule has 3 rings (SSSR count). The zero-order valence-corrected chi connectivity index (χ0v) is 18.4. The minimum atomic E-state index is -0.0226. The molecular formula is C24H29ClN3O+. The Labute approximate surface area is 178 Å². The highest BCUT2D eigenvalue weighted by atomic mass is 35.5. The number of nitrogens with zero attached hydrogens (tertiary/aromatic N) is 3. The maximum absolute atomic E-state index is 12.3. The Bertz CT molecular complexity index is 1040. The lowest BCUT2D eigenvalue weighted by Gasteiger charge is -2.15. The van der Waals surface area contributed by atoms with E-state index in [-0.39, 0.29) is 5.91 Å². The highest BCUT2D eigenvalue weighted by Gasteiger charge is 2.23. The molecule has 0 aliphatic carbocycles. The first kappa shape index (κ1) is 21.1. The summed E-state index contributed by atoms with van der Waals surface area (Å²) in [6.07, 6.45) is 6.11. The number of aryl methyl sites for hydroxylation is 3. The highest BCUT2D eigenvalue weighted by molar-refractivity contribution is 6.32. The quantitative estimate of drug-likeness (QED) is 0.457. The van der Waals surface area contributed by atoms with E-state index in [1.807, 2.05) is 49.5 Å². The van der Waals surface area contributed by atoms with Crippen LogP contribution in [0.15, 0.2) is 48.7 Å². The normalized spacial score (nSPS) is 11.5. The Morgan fingerprint density at radius 1 is 1.21 bits per heavy atom. The van der Waals surface area contributed by atoms with Gasteiger partial charge in [0.2, 0.25) is 5.91 Å². The molecule has 152 valence electrons. The molecule has 4 nitrogen and oxygen atoms in total. The average Bonchev–Trinajstić information content (AvgIpc) is 2.99. The van der Waals surface area contributed by atoms with Crippen LogP contribution in [0.1, 0.15) is 45.0 Å². The summed E-state index contributed by atoms with van der Waals surface area (Å²) in [6.45, 7) is 9.70. The molecule has 0 bridgehead atoms. The van der Waals surface area contributed by atoms with Gasteiger partial charge in [0, 0.05) is 36.0 Å². The molecule has 1 heterocycles. The summed E-state index contributed by atoms with van der Waals surface area (Å²) >= 11 is 6.44. The van der Waals surface area contributed by atoms with E-state index in [0.717, 1.165) is 53.5 Å². The van der Waals surface area contributed by atoms with E-state index >= 15 is 0 Å². The van der Waals surface area contributed by atoms with Gasteiger partial charge in [-0.1, -0.05) is 43.1 Å². The predicted octanol–water partition coefficient (Wildman–Crippen LogP) is 5.73. The summed E-state index contributed by atoms with van der Waals surface area (Å²) < 4.78 is 4.60. The van der Waals surface area contributed by atoms with E-state index in [1.165, 1.54) is 5.52 Å². The molecule has 0 aliphatic rings. The molecule has 1 amide bonds. The molecule has 0 spiro atoms. The fourth-order valence-corrected chi connectivity index (χ4v) is 3.80. The molecule has 29 heavy (non-hydrogen) atoms. The van der Waals surface area contributed by atoms with E-state index in [1.54, 1.807) is 11.8 Å².